The zero-order chi connectivity index (χ0) is 13.1. The van der Waals surface area contributed by atoms with Gasteiger partial charge < -0.3 is 9.84 Å². The van der Waals surface area contributed by atoms with Crippen molar-refractivity contribution in [2.24, 2.45) is 0 Å². The van der Waals surface area contributed by atoms with Crippen LogP contribution in [0.15, 0.2) is 36.4 Å². The summed E-state index contributed by atoms with van der Waals surface area (Å²) in [5.41, 5.74) is 1.03. The Morgan fingerprint density at radius 3 is 2.39 bits per heavy atom. The molecule has 2 aromatic carbocycles. The second-order valence-electron chi connectivity index (χ2n) is 3.94. The fraction of sp³-hybridized carbons (Fsp3) is 0.143. The van der Waals surface area contributed by atoms with Crippen LogP contribution in [0.5, 0.6) is 11.5 Å². The van der Waals surface area contributed by atoms with E-state index in [0.717, 1.165) is 5.56 Å². The van der Waals surface area contributed by atoms with Crippen molar-refractivity contribution >= 4 is 0 Å². The maximum absolute atomic E-state index is 13.4. The van der Waals surface area contributed by atoms with Crippen molar-refractivity contribution in [3.05, 3.63) is 59.2 Å². The minimum atomic E-state index is -0.688. The Kier molecular flexibility index (Phi) is 3.46. The average Bonchev–Trinajstić information content (AvgIpc) is 2.37. The summed E-state index contributed by atoms with van der Waals surface area (Å²) in [6, 6.07) is 8.61. The van der Waals surface area contributed by atoms with Gasteiger partial charge in [0.15, 0.2) is 11.6 Å². The topological polar surface area (TPSA) is 29.5 Å². The third kappa shape index (κ3) is 2.59. The molecule has 0 saturated heterocycles. The Bertz CT molecular complexity index is 550. The van der Waals surface area contributed by atoms with Crippen LogP contribution >= 0.6 is 0 Å². The number of phenols is 1. The molecule has 0 bridgehead atoms. The quantitative estimate of drug-likeness (QED) is 0.902. The lowest BCUT2D eigenvalue weighted by Gasteiger charge is -2.10. The molecular weight excluding hydrogens is 238 g/mol. The Morgan fingerprint density at radius 1 is 1.06 bits per heavy atom. The zero-order valence-electron chi connectivity index (χ0n) is 9.78. The summed E-state index contributed by atoms with van der Waals surface area (Å²) in [4.78, 5) is 0. The largest absolute Gasteiger partial charge is 0.505 e. The summed E-state index contributed by atoms with van der Waals surface area (Å²) in [7, 11) is 0. The number of hydrogen-bond acceptors (Lipinski definition) is 2. The van der Waals surface area contributed by atoms with Crippen LogP contribution in [0.3, 0.4) is 0 Å². The van der Waals surface area contributed by atoms with E-state index in [1.165, 1.54) is 31.2 Å². The SMILES string of the molecule is Cc1c(OCc2ccc(F)cc2)ccc(O)c1F. The Labute approximate surface area is 103 Å². The number of hydrogen-bond donors (Lipinski definition) is 1. The van der Waals surface area contributed by atoms with Crippen molar-refractivity contribution in [2.45, 2.75) is 13.5 Å². The third-order valence-corrected chi connectivity index (χ3v) is 2.62. The van der Waals surface area contributed by atoms with E-state index in [1.807, 2.05) is 0 Å². The standard InChI is InChI=1S/C14H12F2O2/c1-9-13(7-6-12(17)14(9)16)18-8-10-2-4-11(15)5-3-10/h2-7,17H,8H2,1H3. The van der Waals surface area contributed by atoms with Gasteiger partial charge in [-0.15, -0.1) is 0 Å². The fourth-order valence-corrected chi connectivity index (χ4v) is 1.55. The molecule has 0 amide bonds. The smallest absolute Gasteiger partial charge is 0.171 e. The molecule has 1 N–H and O–H groups in total. The van der Waals surface area contributed by atoms with Gasteiger partial charge in [-0.2, -0.15) is 0 Å². The molecule has 0 aliphatic heterocycles. The first-order valence-corrected chi connectivity index (χ1v) is 5.43. The molecular formula is C14H12F2O2. The van der Waals surface area contributed by atoms with Gasteiger partial charge in [0.05, 0.1) is 0 Å². The molecule has 4 heteroatoms. The van der Waals surface area contributed by atoms with Crippen molar-refractivity contribution in [1.29, 1.82) is 0 Å². The number of ether oxygens (including phenoxy) is 1. The lowest BCUT2D eigenvalue weighted by molar-refractivity contribution is 0.300. The maximum atomic E-state index is 13.4. The van der Waals surface area contributed by atoms with Crippen molar-refractivity contribution < 1.29 is 18.6 Å². The van der Waals surface area contributed by atoms with Crippen molar-refractivity contribution in [3.8, 4) is 11.5 Å². The van der Waals surface area contributed by atoms with Gasteiger partial charge in [0.25, 0.3) is 0 Å². The van der Waals surface area contributed by atoms with E-state index >= 15 is 0 Å². The minimum absolute atomic E-state index is 0.214. The van der Waals surface area contributed by atoms with E-state index < -0.39 is 11.6 Å². The molecule has 2 aromatic rings. The second-order valence-corrected chi connectivity index (χ2v) is 3.94. The summed E-state index contributed by atoms with van der Waals surface area (Å²) in [5.74, 6) is -1.05. The highest BCUT2D eigenvalue weighted by atomic mass is 19.1. The van der Waals surface area contributed by atoms with E-state index in [-0.39, 0.29) is 18.0 Å². The highest BCUT2D eigenvalue weighted by Crippen LogP contribution is 2.27. The van der Waals surface area contributed by atoms with Crippen LogP contribution in [0.4, 0.5) is 8.78 Å². The monoisotopic (exact) mass is 250 g/mol. The van der Waals surface area contributed by atoms with Gasteiger partial charge in [-0.3, -0.25) is 0 Å². The molecule has 0 unspecified atom stereocenters. The summed E-state index contributed by atoms with van der Waals surface area (Å²) in [5, 5.41) is 9.17. The first-order valence-electron chi connectivity index (χ1n) is 5.43. The fourth-order valence-electron chi connectivity index (χ4n) is 1.55. The predicted octanol–water partition coefficient (Wildman–Crippen LogP) is 3.56. The first-order chi connectivity index (χ1) is 8.58. The predicted molar refractivity (Wildman–Crippen MR) is 63.5 cm³/mol. The molecule has 0 fully saturated rings. The molecule has 0 aromatic heterocycles. The van der Waals surface area contributed by atoms with Gasteiger partial charge in [-0.25, -0.2) is 8.78 Å². The van der Waals surface area contributed by atoms with Crippen LogP contribution in [0.25, 0.3) is 0 Å². The number of aromatic hydroxyl groups is 1. The summed E-state index contributed by atoms with van der Waals surface area (Å²) in [6.45, 7) is 1.74. The molecule has 0 atom stereocenters. The molecule has 0 saturated carbocycles. The molecule has 2 rings (SSSR count). The zero-order valence-corrected chi connectivity index (χ0v) is 9.78. The van der Waals surface area contributed by atoms with Gasteiger partial charge in [0.1, 0.15) is 18.2 Å². The molecule has 0 aliphatic carbocycles. The van der Waals surface area contributed by atoms with Crippen molar-refractivity contribution in [2.75, 3.05) is 0 Å². The van der Waals surface area contributed by atoms with E-state index in [1.54, 1.807) is 12.1 Å². The molecule has 94 valence electrons. The molecule has 0 heterocycles. The van der Waals surface area contributed by atoms with Crippen LogP contribution in [0.1, 0.15) is 11.1 Å². The van der Waals surface area contributed by atoms with Crippen LogP contribution in [0.2, 0.25) is 0 Å². The number of phenolic OH excluding ortho intramolecular Hbond substituents is 1. The number of benzene rings is 2. The molecule has 0 radical (unpaired) electrons. The van der Waals surface area contributed by atoms with Crippen LogP contribution in [0, 0.1) is 18.6 Å². The van der Waals surface area contributed by atoms with Gasteiger partial charge in [0.2, 0.25) is 0 Å². The third-order valence-electron chi connectivity index (χ3n) is 2.62. The Morgan fingerprint density at radius 2 is 1.72 bits per heavy atom. The maximum Gasteiger partial charge on any atom is 0.171 e. The van der Waals surface area contributed by atoms with E-state index in [4.69, 9.17) is 9.84 Å². The highest BCUT2D eigenvalue weighted by molar-refractivity contribution is 5.40. The minimum Gasteiger partial charge on any atom is -0.505 e. The Hall–Kier alpha value is -2.10. The van der Waals surface area contributed by atoms with E-state index in [9.17, 15) is 8.78 Å². The number of halogens is 2. The van der Waals surface area contributed by atoms with Gasteiger partial charge in [-0.1, -0.05) is 12.1 Å². The van der Waals surface area contributed by atoms with Gasteiger partial charge in [0, 0.05) is 5.56 Å². The van der Waals surface area contributed by atoms with Gasteiger partial charge in [-0.05, 0) is 36.8 Å². The van der Waals surface area contributed by atoms with Crippen molar-refractivity contribution in [1.82, 2.24) is 0 Å². The summed E-state index contributed by atoms with van der Waals surface area (Å²) >= 11 is 0. The Balaban J connectivity index is 2.11. The van der Waals surface area contributed by atoms with E-state index in [2.05, 4.69) is 0 Å². The van der Waals surface area contributed by atoms with Crippen molar-refractivity contribution in [3.63, 3.8) is 0 Å². The normalized spacial score (nSPS) is 10.4. The summed E-state index contributed by atoms with van der Waals surface area (Å²) in [6.07, 6.45) is 0. The highest BCUT2D eigenvalue weighted by Gasteiger charge is 2.09. The number of rotatable bonds is 3. The molecule has 18 heavy (non-hydrogen) atoms. The molecule has 0 aliphatic rings. The van der Waals surface area contributed by atoms with E-state index in [0.29, 0.717) is 5.75 Å². The molecule has 0 spiro atoms. The lowest BCUT2D eigenvalue weighted by atomic mass is 10.2. The van der Waals surface area contributed by atoms with Crippen LogP contribution in [-0.4, -0.2) is 5.11 Å². The van der Waals surface area contributed by atoms with Crippen LogP contribution < -0.4 is 4.74 Å². The second kappa shape index (κ2) is 5.04. The van der Waals surface area contributed by atoms with Crippen LogP contribution in [-0.2, 0) is 6.61 Å². The summed E-state index contributed by atoms with van der Waals surface area (Å²) < 4.78 is 31.5. The molecule has 2 nitrogen and oxygen atoms in total. The van der Waals surface area contributed by atoms with Gasteiger partial charge >= 0.3 is 0 Å². The lowest BCUT2D eigenvalue weighted by Crippen LogP contribution is -1.98. The first kappa shape index (κ1) is 12.4. The average molecular weight is 250 g/mol.